The van der Waals surface area contributed by atoms with Crippen molar-refractivity contribution >= 4 is 34.0 Å². The quantitative estimate of drug-likeness (QED) is 0.640. The molecule has 0 aliphatic rings. The van der Waals surface area contributed by atoms with Gasteiger partial charge in [0.15, 0.2) is 0 Å². The van der Waals surface area contributed by atoms with Crippen LogP contribution in [0.5, 0.6) is 5.75 Å². The SMILES string of the molecule is COc1ccc2c(c1)nc(CCl)n2C(C)Cc1cccs1. The van der Waals surface area contributed by atoms with Crippen molar-refractivity contribution in [2.75, 3.05) is 7.11 Å². The molecule has 0 spiro atoms. The molecule has 3 nitrogen and oxygen atoms in total. The van der Waals surface area contributed by atoms with E-state index in [4.69, 9.17) is 16.3 Å². The van der Waals surface area contributed by atoms with Gasteiger partial charge < -0.3 is 9.30 Å². The van der Waals surface area contributed by atoms with Crippen LogP contribution in [0.15, 0.2) is 35.7 Å². The number of fused-ring (bicyclic) bond motifs is 1. The van der Waals surface area contributed by atoms with Gasteiger partial charge in [0.2, 0.25) is 0 Å². The van der Waals surface area contributed by atoms with Gasteiger partial charge in [0.05, 0.1) is 24.0 Å². The minimum Gasteiger partial charge on any atom is -0.497 e. The van der Waals surface area contributed by atoms with Crippen LogP contribution in [0.1, 0.15) is 23.7 Å². The van der Waals surface area contributed by atoms with Gasteiger partial charge in [-0.15, -0.1) is 22.9 Å². The Labute approximate surface area is 133 Å². The fraction of sp³-hybridized carbons (Fsp3) is 0.312. The van der Waals surface area contributed by atoms with Crippen molar-refractivity contribution in [3.63, 3.8) is 0 Å². The highest BCUT2D eigenvalue weighted by atomic mass is 35.5. The fourth-order valence-corrected chi connectivity index (χ4v) is 3.67. The van der Waals surface area contributed by atoms with Gasteiger partial charge in [-0.1, -0.05) is 6.07 Å². The molecule has 0 N–H and O–H groups in total. The van der Waals surface area contributed by atoms with Crippen LogP contribution in [0, 0.1) is 0 Å². The molecule has 0 amide bonds. The summed E-state index contributed by atoms with van der Waals surface area (Å²) >= 11 is 7.88. The molecule has 21 heavy (non-hydrogen) atoms. The maximum Gasteiger partial charge on any atom is 0.125 e. The molecule has 0 radical (unpaired) electrons. The van der Waals surface area contributed by atoms with E-state index in [1.54, 1.807) is 18.4 Å². The Balaban J connectivity index is 2.03. The van der Waals surface area contributed by atoms with Crippen LogP contribution in [-0.2, 0) is 12.3 Å². The summed E-state index contributed by atoms with van der Waals surface area (Å²) in [5.74, 6) is 2.13. The third-order valence-electron chi connectivity index (χ3n) is 3.61. The number of nitrogens with zero attached hydrogens (tertiary/aromatic N) is 2. The Morgan fingerprint density at radius 3 is 2.90 bits per heavy atom. The summed E-state index contributed by atoms with van der Waals surface area (Å²) in [5.41, 5.74) is 2.04. The number of ether oxygens (including phenoxy) is 1. The van der Waals surface area contributed by atoms with Gasteiger partial charge in [-0.2, -0.15) is 0 Å². The van der Waals surface area contributed by atoms with Gasteiger partial charge in [0, 0.05) is 23.4 Å². The smallest absolute Gasteiger partial charge is 0.125 e. The Kier molecular flexibility index (Phi) is 4.17. The average Bonchev–Trinajstić information content (AvgIpc) is 3.12. The second-order valence-electron chi connectivity index (χ2n) is 5.02. The van der Waals surface area contributed by atoms with Gasteiger partial charge in [0.25, 0.3) is 0 Å². The van der Waals surface area contributed by atoms with Crippen LogP contribution >= 0.6 is 22.9 Å². The maximum absolute atomic E-state index is 6.09. The molecule has 2 aromatic heterocycles. The molecule has 110 valence electrons. The molecule has 0 fully saturated rings. The molecule has 0 saturated heterocycles. The van der Waals surface area contributed by atoms with Crippen molar-refractivity contribution in [3.05, 3.63) is 46.4 Å². The zero-order valence-electron chi connectivity index (χ0n) is 12.0. The van der Waals surface area contributed by atoms with Crippen LogP contribution in [-0.4, -0.2) is 16.7 Å². The van der Waals surface area contributed by atoms with E-state index in [2.05, 4.69) is 40.1 Å². The van der Waals surface area contributed by atoms with E-state index in [0.29, 0.717) is 11.9 Å². The standard InChI is InChI=1S/C16H17ClN2OS/c1-11(8-13-4-3-7-21-13)19-15-6-5-12(20-2)9-14(15)18-16(19)10-17/h3-7,9,11H,8,10H2,1-2H3. The van der Waals surface area contributed by atoms with Crippen molar-refractivity contribution in [1.82, 2.24) is 9.55 Å². The number of methoxy groups -OCH3 is 1. The first-order valence-corrected chi connectivity index (χ1v) is 8.27. The van der Waals surface area contributed by atoms with Crippen LogP contribution in [0.4, 0.5) is 0 Å². The predicted octanol–water partition coefficient (Wildman–Crippen LogP) is 4.65. The Morgan fingerprint density at radius 1 is 1.38 bits per heavy atom. The molecule has 0 saturated carbocycles. The lowest BCUT2D eigenvalue weighted by Gasteiger charge is -2.16. The van der Waals surface area contributed by atoms with Crippen molar-refractivity contribution in [1.29, 1.82) is 0 Å². The highest BCUT2D eigenvalue weighted by Gasteiger charge is 2.16. The topological polar surface area (TPSA) is 27.1 Å². The zero-order valence-corrected chi connectivity index (χ0v) is 13.6. The lowest BCUT2D eigenvalue weighted by Crippen LogP contribution is -2.10. The number of hydrogen-bond donors (Lipinski definition) is 0. The van der Waals surface area contributed by atoms with Crippen molar-refractivity contribution in [2.24, 2.45) is 0 Å². The van der Waals surface area contributed by atoms with Crippen molar-refractivity contribution in [3.8, 4) is 5.75 Å². The lowest BCUT2D eigenvalue weighted by molar-refractivity contribution is 0.415. The highest BCUT2D eigenvalue weighted by molar-refractivity contribution is 7.09. The summed E-state index contributed by atoms with van der Waals surface area (Å²) in [5, 5.41) is 2.11. The van der Waals surface area contributed by atoms with Crippen LogP contribution in [0.3, 0.4) is 0 Å². The van der Waals surface area contributed by atoms with Crippen LogP contribution < -0.4 is 4.74 Å². The summed E-state index contributed by atoms with van der Waals surface area (Å²) in [7, 11) is 1.67. The van der Waals surface area contributed by atoms with Gasteiger partial charge in [-0.05, 0) is 30.5 Å². The molecule has 0 aliphatic carbocycles. The second-order valence-corrected chi connectivity index (χ2v) is 6.32. The summed E-state index contributed by atoms with van der Waals surface area (Å²) in [6, 6.07) is 10.6. The normalized spacial score (nSPS) is 12.7. The Bertz CT molecular complexity index is 736. The third kappa shape index (κ3) is 2.78. The first-order chi connectivity index (χ1) is 10.2. The predicted molar refractivity (Wildman–Crippen MR) is 88.6 cm³/mol. The molecule has 0 bridgehead atoms. The van der Waals surface area contributed by atoms with E-state index in [1.165, 1.54) is 4.88 Å². The number of benzene rings is 1. The monoisotopic (exact) mass is 320 g/mol. The summed E-state index contributed by atoms with van der Waals surface area (Å²) < 4.78 is 7.51. The van der Waals surface area contributed by atoms with E-state index in [0.717, 1.165) is 29.0 Å². The molecule has 1 atom stereocenters. The molecule has 3 aromatic rings. The van der Waals surface area contributed by atoms with Gasteiger partial charge in [-0.3, -0.25) is 0 Å². The first kappa shape index (κ1) is 14.4. The minimum atomic E-state index is 0.316. The zero-order chi connectivity index (χ0) is 14.8. The average molecular weight is 321 g/mol. The largest absolute Gasteiger partial charge is 0.497 e. The van der Waals surface area contributed by atoms with E-state index in [1.807, 2.05) is 12.1 Å². The van der Waals surface area contributed by atoms with E-state index < -0.39 is 0 Å². The lowest BCUT2D eigenvalue weighted by atomic mass is 10.2. The highest BCUT2D eigenvalue weighted by Crippen LogP contribution is 2.28. The number of hydrogen-bond acceptors (Lipinski definition) is 3. The number of rotatable bonds is 5. The number of alkyl halides is 1. The van der Waals surface area contributed by atoms with E-state index >= 15 is 0 Å². The number of halogens is 1. The number of thiophene rings is 1. The van der Waals surface area contributed by atoms with Gasteiger partial charge in [-0.25, -0.2) is 4.98 Å². The summed E-state index contributed by atoms with van der Waals surface area (Å²) in [6.45, 7) is 2.21. The number of imidazole rings is 1. The Hall–Kier alpha value is -1.52. The second kappa shape index (κ2) is 6.08. The Morgan fingerprint density at radius 2 is 2.24 bits per heavy atom. The molecule has 1 unspecified atom stereocenters. The van der Waals surface area contributed by atoms with Crippen LogP contribution in [0.25, 0.3) is 11.0 Å². The molecule has 3 rings (SSSR count). The first-order valence-electron chi connectivity index (χ1n) is 6.86. The van der Waals surface area contributed by atoms with E-state index in [-0.39, 0.29) is 0 Å². The van der Waals surface area contributed by atoms with Gasteiger partial charge >= 0.3 is 0 Å². The summed E-state index contributed by atoms with van der Waals surface area (Å²) in [6.07, 6.45) is 0.985. The molecule has 1 aromatic carbocycles. The van der Waals surface area contributed by atoms with Gasteiger partial charge in [0.1, 0.15) is 11.6 Å². The maximum atomic E-state index is 6.09. The molecular formula is C16H17ClN2OS. The van der Waals surface area contributed by atoms with Crippen molar-refractivity contribution < 1.29 is 4.74 Å². The van der Waals surface area contributed by atoms with E-state index in [9.17, 15) is 0 Å². The van der Waals surface area contributed by atoms with Crippen LogP contribution in [0.2, 0.25) is 0 Å². The molecule has 5 heteroatoms. The third-order valence-corrected chi connectivity index (χ3v) is 4.74. The fourth-order valence-electron chi connectivity index (χ4n) is 2.65. The summed E-state index contributed by atoms with van der Waals surface area (Å²) in [4.78, 5) is 6.02. The number of aromatic nitrogens is 2. The molecule has 2 heterocycles. The minimum absolute atomic E-state index is 0.316. The molecule has 0 aliphatic heterocycles. The van der Waals surface area contributed by atoms with Crippen molar-refractivity contribution in [2.45, 2.75) is 25.3 Å². The molecular weight excluding hydrogens is 304 g/mol.